The first-order valence-electron chi connectivity index (χ1n) is 16.2. The van der Waals surface area contributed by atoms with Gasteiger partial charge in [-0.3, -0.25) is 4.79 Å². The van der Waals surface area contributed by atoms with E-state index in [4.69, 9.17) is 28.1 Å². The molecule has 1 aromatic carbocycles. The molecule has 240 valence electrons. The summed E-state index contributed by atoms with van der Waals surface area (Å²) in [4.78, 5) is 12.0. The summed E-state index contributed by atoms with van der Waals surface area (Å²) in [5.74, 6) is 1.09. The predicted octanol–water partition coefficient (Wildman–Crippen LogP) is 7.85. The molecule has 0 saturated carbocycles. The third-order valence-electron chi connectivity index (χ3n) is 9.60. The largest absolute Gasteiger partial charge is 0.497 e. The fourth-order valence-electron chi connectivity index (χ4n) is 7.32. The standard InChI is InChI=1S/C34H58O7Si/c1-23(2)42(24(3)4,25(5)6)41-32-18-29(16-17-38-22-27-11-13-28(36-8)14-12-27)39-31(20-32)19-30(37-9)21-33-26(7)10-15-34(35)40-33/h11-14,23-26,29-33H,10,15-22H2,1-9H3/t26-,29-,30-,31+,32+,33+/m0/s1. The zero-order chi connectivity index (χ0) is 30.9. The van der Waals surface area contributed by atoms with E-state index in [0.717, 1.165) is 43.4 Å². The second-order valence-electron chi connectivity index (χ2n) is 13.5. The highest BCUT2D eigenvalue weighted by Crippen LogP contribution is 2.45. The van der Waals surface area contributed by atoms with Gasteiger partial charge in [-0.1, -0.05) is 60.6 Å². The van der Waals surface area contributed by atoms with Gasteiger partial charge in [0.2, 0.25) is 8.32 Å². The quantitative estimate of drug-likeness (QED) is 0.108. The number of benzene rings is 1. The summed E-state index contributed by atoms with van der Waals surface area (Å²) >= 11 is 0. The zero-order valence-corrected chi connectivity index (χ0v) is 28.7. The van der Waals surface area contributed by atoms with Crippen molar-refractivity contribution in [1.82, 2.24) is 0 Å². The van der Waals surface area contributed by atoms with Gasteiger partial charge in [0, 0.05) is 26.6 Å². The molecule has 0 aromatic heterocycles. The second kappa shape index (κ2) is 16.6. The van der Waals surface area contributed by atoms with Crippen LogP contribution in [0, 0.1) is 5.92 Å². The molecule has 7 nitrogen and oxygen atoms in total. The van der Waals surface area contributed by atoms with Crippen molar-refractivity contribution in [3.8, 4) is 5.75 Å². The van der Waals surface area contributed by atoms with Gasteiger partial charge < -0.3 is 28.1 Å². The van der Waals surface area contributed by atoms with E-state index in [1.807, 2.05) is 24.3 Å². The summed E-state index contributed by atoms with van der Waals surface area (Å²) in [6.45, 7) is 17.4. The molecule has 2 saturated heterocycles. The van der Waals surface area contributed by atoms with Crippen LogP contribution in [-0.2, 0) is 34.8 Å². The first-order chi connectivity index (χ1) is 20.0. The Kier molecular flexibility index (Phi) is 13.8. The molecule has 0 amide bonds. The number of methoxy groups -OCH3 is 2. The van der Waals surface area contributed by atoms with Crippen LogP contribution in [0.5, 0.6) is 5.75 Å². The molecule has 0 spiro atoms. The minimum absolute atomic E-state index is 0.0214. The Morgan fingerprint density at radius 3 is 2.17 bits per heavy atom. The van der Waals surface area contributed by atoms with Crippen LogP contribution < -0.4 is 4.74 Å². The normalized spacial score (nSPS) is 26.1. The van der Waals surface area contributed by atoms with E-state index in [1.54, 1.807) is 14.2 Å². The molecule has 6 atom stereocenters. The van der Waals surface area contributed by atoms with Crippen molar-refractivity contribution in [2.24, 2.45) is 5.92 Å². The number of esters is 1. The molecular weight excluding hydrogens is 548 g/mol. The number of cyclic esters (lactones) is 1. The molecule has 0 N–H and O–H groups in total. The summed E-state index contributed by atoms with van der Waals surface area (Å²) in [7, 11) is 1.39. The van der Waals surface area contributed by atoms with E-state index >= 15 is 0 Å². The molecule has 8 heteroatoms. The molecule has 0 bridgehead atoms. The monoisotopic (exact) mass is 606 g/mol. The summed E-state index contributed by atoms with van der Waals surface area (Å²) in [6.07, 6.45) is 5.52. The maximum absolute atomic E-state index is 12.0. The van der Waals surface area contributed by atoms with Crippen LogP contribution in [0.15, 0.2) is 24.3 Å². The van der Waals surface area contributed by atoms with E-state index in [-0.39, 0.29) is 36.5 Å². The van der Waals surface area contributed by atoms with Crippen LogP contribution in [-0.4, -0.2) is 65.6 Å². The maximum atomic E-state index is 12.0. The molecule has 0 radical (unpaired) electrons. The fraction of sp³-hybridized carbons (Fsp3) is 0.794. The number of carbonyl (C=O) groups excluding carboxylic acids is 1. The molecule has 2 fully saturated rings. The lowest BCUT2D eigenvalue weighted by molar-refractivity contribution is -0.161. The van der Waals surface area contributed by atoms with Gasteiger partial charge >= 0.3 is 5.97 Å². The van der Waals surface area contributed by atoms with Gasteiger partial charge in [-0.25, -0.2) is 0 Å². The number of ether oxygens (including phenoxy) is 5. The summed E-state index contributed by atoms with van der Waals surface area (Å²) in [6, 6.07) is 8.01. The average molecular weight is 607 g/mol. The molecular formula is C34H58O7Si. The van der Waals surface area contributed by atoms with Crippen molar-refractivity contribution in [3.05, 3.63) is 29.8 Å². The fourth-order valence-corrected chi connectivity index (χ4v) is 12.9. The van der Waals surface area contributed by atoms with Gasteiger partial charge in [0.05, 0.1) is 38.1 Å². The van der Waals surface area contributed by atoms with Crippen LogP contribution in [0.25, 0.3) is 0 Å². The van der Waals surface area contributed by atoms with Crippen molar-refractivity contribution in [2.75, 3.05) is 20.8 Å². The Balaban J connectivity index is 1.68. The van der Waals surface area contributed by atoms with Gasteiger partial charge in [-0.2, -0.15) is 0 Å². The SMILES string of the molecule is COc1ccc(COCC[C@H]2C[C@@H](O[Si](C(C)C)(C(C)C)C(C)C)C[C@@H](C[C@@H](C[C@H]3OC(=O)CC[C@@H]3C)OC)O2)cc1. The molecule has 0 unspecified atom stereocenters. The molecule has 2 aliphatic heterocycles. The first-order valence-corrected chi connectivity index (χ1v) is 18.4. The van der Waals surface area contributed by atoms with E-state index in [9.17, 15) is 4.79 Å². The second-order valence-corrected chi connectivity index (χ2v) is 18.9. The molecule has 0 aliphatic carbocycles. The van der Waals surface area contributed by atoms with Crippen LogP contribution in [0.2, 0.25) is 16.6 Å². The van der Waals surface area contributed by atoms with Crippen molar-refractivity contribution < 1.29 is 32.9 Å². The van der Waals surface area contributed by atoms with Crippen molar-refractivity contribution in [1.29, 1.82) is 0 Å². The number of rotatable bonds is 16. The minimum atomic E-state index is -2.05. The van der Waals surface area contributed by atoms with Gasteiger partial charge in [0.1, 0.15) is 11.9 Å². The molecule has 3 rings (SSSR count). The summed E-state index contributed by atoms with van der Waals surface area (Å²) < 4.78 is 37.0. The number of carbonyl (C=O) groups is 1. The van der Waals surface area contributed by atoms with Gasteiger partial charge in [0.15, 0.2) is 0 Å². The van der Waals surface area contributed by atoms with Crippen LogP contribution >= 0.6 is 0 Å². The van der Waals surface area contributed by atoms with E-state index in [1.165, 1.54) is 0 Å². The van der Waals surface area contributed by atoms with Crippen LogP contribution in [0.1, 0.15) is 99.0 Å². The van der Waals surface area contributed by atoms with Crippen molar-refractivity contribution in [3.63, 3.8) is 0 Å². The third kappa shape index (κ3) is 9.52. The van der Waals surface area contributed by atoms with Crippen LogP contribution in [0.4, 0.5) is 0 Å². The molecule has 42 heavy (non-hydrogen) atoms. The topological polar surface area (TPSA) is 72.5 Å². The van der Waals surface area contributed by atoms with E-state index in [2.05, 4.69) is 48.5 Å². The molecule has 1 aromatic rings. The Bertz CT molecular complexity index is 913. The van der Waals surface area contributed by atoms with E-state index < -0.39 is 8.32 Å². The van der Waals surface area contributed by atoms with Crippen molar-refractivity contribution in [2.45, 2.75) is 147 Å². The molecule has 2 heterocycles. The average Bonchev–Trinajstić information content (AvgIpc) is 2.95. The Hall–Kier alpha value is -1.45. The highest BCUT2D eigenvalue weighted by Gasteiger charge is 2.48. The lowest BCUT2D eigenvalue weighted by Gasteiger charge is -2.47. The maximum Gasteiger partial charge on any atom is 0.306 e. The third-order valence-corrected chi connectivity index (χ3v) is 15.8. The highest BCUT2D eigenvalue weighted by molar-refractivity contribution is 6.77. The lowest BCUT2D eigenvalue weighted by Crippen LogP contribution is -2.52. The zero-order valence-electron chi connectivity index (χ0n) is 27.7. The Morgan fingerprint density at radius 2 is 1.57 bits per heavy atom. The first kappa shape index (κ1) is 35.0. The lowest BCUT2D eigenvalue weighted by atomic mass is 9.89. The molecule has 2 aliphatic rings. The van der Waals surface area contributed by atoms with Gasteiger partial charge in [-0.05, 0) is 72.3 Å². The van der Waals surface area contributed by atoms with Crippen LogP contribution in [0.3, 0.4) is 0 Å². The van der Waals surface area contributed by atoms with E-state index in [0.29, 0.717) is 48.6 Å². The number of hydrogen-bond acceptors (Lipinski definition) is 7. The number of hydrogen-bond donors (Lipinski definition) is 0. The van der Waals surface area contributed by atoms with Gasteiger partial charge in [-0.15, -0.1) is 0 Å². The highest BCUT2D eigenvalue weighted by atomic mass is 28.4. The smallest absolute Gasteiger partial charge is 0.306 e. The summed E-state index contributed by atoms with van der Waals surface area (Å²) in [5, 5.41) is 0. The Labute approximate surface area is 256 Å². The minimum Gasteiger partial charge on any atom is -0.497 e. The predicted molar refractivity (Wildman–Crippen MR) is 169 cm³/mol. The van der Waals surface area contributed by atoms with Gasteiger partial charge in [0.25, 0.3) is 0 Å². The summed E-state index contributed by atoms with van der Waals surface area (Å²) in [5.41, 5.74) is 2.71. The van der Waals surface area contributed by atoms with Crippen molar-refractivity contribution >= 4 is 14.3 Å². The Morgan fingerprint density at radius 1 is 0.929 bits per heavy atom.